The molecule has 0 aliphatic heterocycles. The van der Waals surface area contributed by atoms with Gasteiger partial charge in [-0.1, -0.05) is 12.5 Å². The summed E-state index contributed by atoms with van der Waals surface area (Å²) in [6.07, 6.45) is 11.0. The molecule has 0 radical (unpaired) electrons. The molecule has 138 valence electrons. The second-order valence-electron chi connectivity index (χ2n) is 7.45. The van der Waals surface area contributed by atoms with Crippen LogP contribution in [-0.4, -0.2) is 18.2 Å². The summed E-state index contributed by atoms with van der Waals surface area (Å²) in [5, 5.41) is 3.47. The van der Waals surface area contributed by atoms with E-state index in [9.17, 15) is 0 Å². The van der Waals surface area contributed by atoms with Gasteiger partial charge in [-0.3, -0.25) is 0 Å². The third kappa shape index (κ3) is 4.29. The Hall–Kier alpha value is -2.23. The molecule has 0 unspecified atom stereocenters. The highest BCUT2D eigenvalue weighted by atomic mass is 16.5. The van der Waals surface area contributed by atoms with Crippen LogP contribution in [0.2, 0.25) is 0 Å². The van der Waals surface area contributed by atoms with E-state index in [1.165, 1.54) is 56.1 Å². The van der Waals surface area contributed by atoms with Gasteiger partial charge in [0.25, 0.3) is 0 Å². The molecule has 1 aromatic carbocycles. The van der Waals surface area contributed by atoms with Crippen LogP contribution in [-0.2, 0) is 6.54 Å². The van der Waals surface area contributed by atoms with Crippen molar-refractivity contribution in [3.63, 3.8) is 0 Å². The summed E-state index contributed by atoms with van der Waals surface area (Å²) in [7, 11) is 1.72. The van der Waals surface area contributed by atoms with Crippen LogP contribution < -0.4 is 14.8 Å². The molecule has 2 saturated carbocycles. The molecule has 4 nitrogen and oxygen atoms in total. The standard InChI is InChI=1S/C22H28N2O2/c1-25-19-9-10-21(16-7-8-16)17(13-19)15-24-22-14-20(11-12-23-22)26-18-5-3-2-4-6-18/h9-14,16,18H,2-8,15H2,1H3,(H,23,24). The van der Waals surface area contributed by atoms with E-state index in [1.54, 1.807) is 7.11 Å². The molecule has 0 bridgehead atoms. The highest BCUT2D eigenvalue weighted by Crippen LogP contribution is 2.42. The number of hydrogen-bond donors (Lipinski definition) is 1. The lowest BCUT2D eigenvalue weighted by molar-refractivity contribution is 0.155. The average Bonchev–Trinajstić information content (AvgIpc) is 3.52. The van der Waals surface area contributed by atoms with Crippen molar-refractivity contribution in [1.29, 1.82) is 0 Å². The maximum Gasteiger partial charge on any atom is 0.129 e. The van der Waals surface area contributed by atoms with E-state index in [0.29, 0.717) is 12.0 Å². The Balaban J connectivity index is 1.42. The van der Waals surface area contributed by atoms with E-state index >= 15 is 0 Å². The fourth-order valence-corrected chi connectivity index (χ4v) is 3.80. The summed E-state index contributed by atoms with van der Waals surface area (Å²) < 4.78 is 11.6. The first-order valence-corrected chi connectivity index (χ1v) is 9.85. The maximum absolute atomic E-state index is 6.16. The number of nitrogens with one attached hydrogen (secondary N) is 1. The van der Waals surface area contributed by atoms with E-state index in [0.717, 1.165) is 23.9 Å². The molecule has 1 aromatic heterocycles. The van der Waals surface area contributed by atoms with Crippen molar-refractivity contribution in [2.75, 3.05) is 12.4 Å². The van der Waals surface area contributed by atoms with Gasteiger partial charge in [0.2, 0.25) is 0 Å². The molecule has 0 atom stereocenters. The van der Waals surface area contributed by atoms with Crippen molar-refractivity contribution in [3.8, 4) is 11.5 Å². The smallest absolute Gasteiger partial charge is 0.129 e. The Kier molecular flexibility index (Phi) is 5.28. The quantitative estimate of drug-likeness (QED) is 0.735. The lowest BCUT2D eigenvalue weighted by Crippen LogP contribution is -2.19. The van der Waals surface area contributed by atoms with Crippen LogP contribution in [0.15, 0.2) is 36.5 Å². The van der Waals surface area contributed by atoms with Crippen LogP contribution in [0.5, 0.6) is 11.5 Å². The number of ether oxygens (including phenoxy) is 2. The zero-order valence-corrected chi connectivity index (χ0v) is 15.5. The molecule has 0 spiro atoms. The third-order valence-corrected chi connectivity index (χ3v) is 5.41. The second kappa shape index (κ2) is 7.98. The Morgan fingerprint density at radius 3 is 2.62 bits per heavy atom. The van der Waals surface area contributed by atoms with Gasteiger partial charge in [0, 0.05) is 18.8 Å². The van der Waals surface area contributed by atoms with E-state index in [4.69, 9.17) is 9.47 Å². The van der Waals surface area contributed by atoms with Crippen molar-refractivity contribution < 1.29 is 9.47 Å². The van der Waals surface area contributed by atoms with Crippen LogP contribution in [0, 0.1) is 0 Å². The predicted octanol–water partition coefficient (Wildman–Crippen LogP) is 5.29. The number of anilines is 1. The molecule has 1 N–H and O–H groups in total. The summed E-state index contributed by atoms with van der Waals surface area (Å²) in [6, 6.07) is 10.4. The first-order valence-electron chi connectivity index (χ1n) is 9.85. The third-order valence-electron chi connectivity index (χ3n) is 5.41. The van der Waals surface area contributed by atoms with Crippen molar-refractivity contribution in [2.45, 2.75) is 63.5 Å². The number of nitrogens with zero attached hydrogens (tertiary/aromatic N) is 1. The van der Waals surface area contributed by atoms with Crippen molar-refractivity contribution in [3.05, 3.63) is 47.7 Å². The summed E-state index contributed by atoms with van der Waals surface area (Å²) in [4.78, 5) is 4.46. The highest BCUT2D eigenvalue weighted by molar-refractivity contribution is 5.45. The fourth-order valence-electron chi connectivity index (χ4n) is 3.80. The van der Waals surface area contributed by atoms with Gasteiger partial charge in [-0.2, -0.15) is 0 Å². The minimum atomic E-state index is 0.360. The van der Waals surface area contributed by atoms with Gasteiger partial charge in [0.1, 0.15) is 17.3 Å². The first-order chi connectivity index (χ1) is 12.8. The highest BCUT2D eigenvalue weighted by Gasteiger charge is 2.26. The van der Waals surface area contributed by atoms with Crippen molar-refractivity contribution in [2.24, 2.45) is 0 Å². The Bertz CT molecular complexity index is 737. The molecular weight excluding hydrogens is 324 g/mol. The number of pyridine rings is 1. The summed E-state index contributed by atoms with van der Waals surface area (Å²) in [5.41, 5.74) is 2.74. The summed E-state index contributed by atoms with van der Waals surface area (Å²) in [5.74, 6) is 3.41. The molecule has 4 rings (SSSR count). The molecule has 2 aliphatic rings. The average molecular weight is 352 g/mol. The van der Waals surface area contributed by atoms with E-state index < -0.39 is 0 Å². The van der Waals surface area contributed by atoms with Gasteiger partial charge in [0.15, 0.2) is 0 Å². The molecule has 1 heterocycles. The number of aromatic nitrogens is 1. The largest absolute Gasteiger partial charge is 0.497 e. The SMILES string of the molecule is COc1ccc(C2CC2)c(CNc2cc(OC3CCCCC3)ccn2)c1. The molecule has 26 heavy (non-hydrogen) atoms. The molecule has 2 fully saturated rings. The van der Waals surface area contributed by atoms with Gasteiger partial charge in [-0.05, 0) is 73.8 Å². The van der Waals surface area contributed by atoms with Crippen molar-refractivity contribution >= 4 is 5.82 Å². The number of hydrogen-bond acceptors (Lipinski definition) is 4. The van der Waals surface area contributed by atoms with Gasteiger partial charge in [-0.15, -0.1) is 0 Å². The van der Waals surface area contributed by atoms with E-state index in [-0.39, 0.29) is 0 Å². The van der Waals surface area contributed by atoms with Gasteiger partial charge in [-0.25, -0.2) is 4.98 Å². The Morgan fingerprint density at radius 1 is 1.00 bits per heavy atom. The molecule has 4 heteroatoms. The summed E-state index contributed by atoms with van der Waals surface area (Å²) in [6.45, 7) is 0.753. The van der Waals surface area contributed by atoms with Crippen LogP contribution >= 0.6 is 0 Å². The molecular formula is C22H28N2O2. The van der Waals surface area contributed by atoms with Crippen LogP contribution in [0.4, 0.5) is 5.82 Å². The normalized spacial score (nSPS) is 17.7. The molecule has 2 aromatic rings. The van der Waals surface area contributed by atoms with Crippen LogP contribution in [0.1, 0.15) is 62.0 Å². The second-order valence-corrected chi connectivity index (χ2v) is 7.45. The lowest BCUT2D eigenvalue weighted by atomic mass is 9.98. The van der Waals surface area contributed by atoms with Crippen molar-refractivity contribution in [1.82, 2.24) is 4.98 Å². The van der Waals surface area contributed by atoms with E-state index in [1.807, 2.05) is 18.3 Å². The topological polar surface area (TPSA) is 43.4 Å². The van der Waals surface area contributed by atoms with E-state index in [2.05, 4.69) is 28.5 Å². The van der Waals surface area contributed by atoms with Crippen LogP contribution in [0.25, 0.3) is 0 Å². The van der Waals surface area contributed by atoms with Crippen LogP contribution in [0.3, 0.4) is 0 Å². The van der Waals surface area contributed by atoms with Gasteiger partial charge < -0.3 is 14.8 Å². The monoisotopic (exact) mass is 352 g/mol. The number of benzene rings is 1. The van der Waals surface area contributed by atoms with Gasteiger partial charge >= 0.3 is 0 Å². The molecule has 0 amide bonds. The summed E-state index contributed by atoms with van der Waals surface area (Å²) >= 11 is 0. The number of rotatable bonds is 7. The molecule has 2 aliphatic carbocycles. The number of methoxy groups -OCH3 is 1. The lowest BCUT2D eigenvalue weighted by Gasteiger charge is -2.23. The zero-order chi connectivity index (χ0) is 17.8. The first kappa shape index (κ1) is 17.2. The minimum Gasteiger partial charge on any atom is -0.497 e. The van der Waals surface area contributed by atoms with Gasteiger partial charge in [0.05, 0.1) is 13.2 Å². The Morgan fingerprint density at radius 2 is 1.85 bits per heavy atom. The minimum absolute atomic E-state index is 0.360. The predicted molar refractivity (Wildman–Crippen MR) is 104 cm³/mol. The zero-order valence-electron chi connectivity index (χ0n) is 15.5. The maximum atomic E-state index is 6.16. The Labute approximate surface area is 155 Å². The molecule has 0 saturated heterocycles. The fraction of sp³-hybridized carbons (Fsp3) is 0.500.